The fourth-order valence-electron chi connectivity index (χ4n) is 2.83. The van der Waals surface area contributed by atoms with Crippen molar-refractivity contribution in [2.45, 2.75) is 57.6 Å². The van der Waals surface area contributed by atoms with Crippen molar-refractivity contribution < 1.29 is 4.74 Å². The lowest BCUT2D eigenvalue weighted by molar-refractivity contribution is -0.0884. The van der Waals surface area contributed by atoms with Crippen molar-refractivity contribution >= 4 is 0 Å². The lowest BCUT2D eigenvalue weighted by atomic mass is 9.85. The topological polar surface area (TPSA) is 47.3 Å². The SMILES string of the molecule is CCc1ccc(CC(NN)C2(C)CCCCO2)cc1. The number of ether oxygens (including phenoxy) is 1. The number of nitrogens with one attached hydrogen (secondary N) is 1. The van der Waals surface area contributed by atoms with Crippen LogP contribution in [0, 0.1) is 0 Å². The molecule has 1 saturated heterocycles. The highest BCUT2D eigenvalue weighted by molar-refractivity contribution is 5.23. The fraction of sp³-hybridized carbons (Fsp3) is 0.625. The van der Waals surface area contributed by atoms with Crippen LogP contribution >= 0.6 is 0 Å². The highest BCUT2D eigenvalue weighted by Gasteiger charge is 2.36. The molecule has 1 fully saturated rings. The maximum atomic E-state index is 5.99. The molecule has 3 nitrogen and oxygen atoms in total. The zero-order chi connectivity index (χ0) is 13.7. The van der Waals surface area contributed by atoms with E-state index in [1.807, 2.05) is 0 Å². The van der Waals surface area contributed by atoms with Crippen molar-refractivity contribution in [1.29, 1.82) is 0 Å². The Labute approximate surface area is 116 Å². The van der Waals surface area contributed by atoms with Crippen molar-refractivity contribution in [1.82, 2.24) is 5.43 Å². The number of benzene rings is 1. The molecule has 0 spiro atoms. The van der Waals surface area contributed by atoms with Crippen LogP contribution in [0.25, 0.3) is 0 Å². The summed E-state index contributed by atoms with van der Waals surface area (Å²) >= 11 is 0. The van der Waals surface area contributed by atoms with E-state index in [-0.39, 0.29) is 11.6 Å². The molecule has 2 unspecified atom stereocenters. The minimum Gasteiger partial charge on any atom is -0.374 e. The van der Waals surface area contributed by atoms with E-state index in [9.17, 15) is 0 Å². The van der Waals surface area contributed by atoms with Gasteiger partial charge in [-0.05, 0) is 50.2 Å². The van der Waals surface area contributed by atoms with Crippen LogP contribution in [0.3, 0.4) is 0 Å². The number of rotatable bonds is 5. The summed E-state index contributed by atoms with van der Waals surface area (Å²) in [5.41, 5.74) is 5.51. The van der Waals surface area contributed by atoms with Gasteiger partial charge in [0.2, 0.25) is 0 Å². The smallest absolute Gasteiger partial charge is 0.0823 e. The van der Waals surface area contributed by atoms with E-state index < -0.39 is 0 Å². The number of hydrazine groups is 1. The molecule has 1 aliphatic heterocycles. The van der Waals surface area contributed by atoms with Gasteiger partial charge in [0.1, 0.15) is 0 Å². The summed E-state index contributed by atoms with van der Waals surface area (Å²) in [5.74, 6) is 5.76. The quantitative estimate of drug-likeness (QED) is 0.633. The molecule has 0 amide bonds. The third kappa shape index (κ3) is 3.56. The molecular formula is C16H26N2O. The zero-order valence-electron chi connectivity index (χ0n) is 12.1. The van der Waals surface area contributed by atoms with Crippen LogP contribution in [-0.2, 0) is 17.6 Å². The number of hydrogen-bond donors (Lipinski definition) is 2. The maximum absolute atomic E-state index is 5.99. The van der Waals surface area contributed by atoms with Gasteiger partial charge in [0.15, 0.2) is 0 Å². The van der Waals surface area contributed by atoms with Gasteiger partial charge < -0.3 is 4.74 Å². The van der Waals surface area contributed by atoms with Crippen molar-refractivity contribution in [2.24, 2.45) is 5.84 Å². The average molecular weight is 262 g/mol. The van der Waals surface area contributed by atoms with Gasteiger partial charge in [-0.2, -0.15) is 0 Å². The van der Waals surface area contributed by atoms with Gasteiger partial charge in [0, 0.05) is 6.61 Å². The first kappa shape index (κ1) is 14.5. The van der Waals surface area contributed by atoms with E-state index >= 15 is 0 Å². The second-order valence-electron chi connectivity index (χ2n) is 5.71. The lowest BCUT2D eigenvalue weighted by Gasteiger charge is -2.40. The molecule has 3 heteroatoms. The van der Waals surface area contributed by atoms with Gasteiger partial charge in [-0.1, -0.05) is 31.2 Å². The van der Waals surface area contributed by atoms with Gasteiger partial charge >= 0.3 is 0 Å². The molecule has 1 heterocycles. The molecule has 1 aromatic carbocycles. The Bertz CT molecular complexity index is 382. The van der Waals surface area contributed by atoms with Crippen molar-refractivity contribution in [3.05, 3.63) is 35.4 Å². The molecule has 1 aromatic rings. The van der Waals surface area contributed by atoms with Crippen LogP contribution in [0.5, 0.6) is 0 Å². The number of nitrogens with two attached hydrogens (primary N) is 1. The number of hydrogen-bond acceptors (Lipinski definition) is 3. The molecule has 19 heavy (non-hydrogen) atoms. The van der Waals surface area contributed by atoms with E-state index in [2.05, 4.69) is 43.5 Å². The van der Waals surface area contributed by atoms with Crippen LogP contribution in [0.1, 0.15) is 44.2 Å². The van der Waals surface area contributed by atoms with Crippen LogP contribution in [0.15, 0.2) is 24.3 Å². The molecule has 0 saturated carbocycles. The molecule has 1 aliphatic rings. The molecular weight excluding hydrogens is 236 g/mol. The van der Waals surface area contributed by atoms with Crippen molar-refractivity contribution in [2.75, 3.05) is 6.61 Å². The van der Waals surface area contributed by atoms with Gasteiger partial charge in [-0.3, -0.25) is 11.3 Å². The lowest BCUT2D eigenvalue weighted by Crippen LogP contribution is -2.55. The molecule has 106 valence electrons. The first-order chi connectivity index (χ1) is 9.18. The van der Waals surface area contributed by atoms with Crippen LogP contribution in [-0.4, -0.2) is 18.2 Å². The monoisotopic (exact) mass is 262 g/mol. The molecule has 0 bridgehead atoms. The van der Waals surface area contributed by atoms with E-state index in [0.717, 1.165) is 32.3 Å². The second kappa shape index (κ2) is 6.51. The third-order valence-corrected chi connectivity index (χ3v) is 4.31. The minimum atomic E-state index is -0.142. The maximum Gasteiger partial charge on any atom is 0.0823 e. The standard InChI is InChI=1S/C16H26N2O/c1-3-13-6-8-14(9-7-13)12-15(18-17)16(2)10-4-5-11-19-16/h6-9,15,18H,3-5,10-12,17H2,1-2H3. The highest BCUT2D eigenvalue weighted by Crippen LogP contribution is 2.29. The predicted octanol–water partition coefficient (Wildman–Crippen LogP) is 2.58. The van der Waals surface area contributed by atoms with E-state index in [1.54, 1.807) is 0 Å². The number of aryl methyl sites for hydroxylation is 1. The molecule has 2 rings (SSSR count). The Morgan fingerprint density at radius 3 is 2.47 bits per heavy atom. The summed E-state index contributed by atoms with van der Waals surface area (Å²) in [4.78, 5) is 0. The summed E-state index contributed by atoms with van der Waals surface area (Å²) in [6, 6.07) is 8.98. The zero-order valence-corrected chi connectivity index (χ0v) is 12.1. The predicted molar refractivity (Wildman–Crippen MR) is 78.8 cm³/mol. The molecule has 0 radical (unpaired) electrons. The Kier molecular flexibility index (Phi) is 4.97. The largest absolute Gasteiger partial charge is 0.374 e. The summed E-state index contributed by atoms with van der Waals surface area (Å²) in [7, 11) is 0. The minimum absolute atomic E-state index is 0.142. The first-order valence-corrected chi connectivity index (χ1v) is 7.36. The van der Waals surface area contributed by atoms with Gasteiger partial charge in [-0.25, -0.2) is 0 Å². The molecule has 2 atom stereocenters. The Morgan fingerprint density at radius 2 is 1.95 bits per heavy atom. The summed E-state index contributed by atoms with van der Waals surface area (Å²) in [5, 5.41) is 0. The van der Waals surface area contributed by atoms with E-state index in [1.165, 1.54) is 17.5 Å². The summed E-state index contributed by atoms with van der Waals surface area (Å²) in [6.07, 6.45) is 5.47. The first-order valence-electron chi connectivity index (χ1n) is 7.36. The van der Waals surface area contributed by atoms with Crippen molar-refractivity contribution in [3.63, 3.8) is 0 Å². The second-order valence-corrected chi connectivity index (χ2v) is 5.71. The molecule has 0 aromatic heterocycles. The summed E-state index contributed by atoms with van der Waals surface area (Å²) < 4.78 is 5.99. The van der Waals surface area contributed by atoms with Gasteiger partial charge in [0.05, 0.1) is 11.6 Å². The Morgan fingerprint density at radius 1 is 1.26 bits per heavy atom. The highest BCUT2D eigenvalue weighted by atomic mass is 16.5. The Balaban J connectivity index is 2.04. The molecule has 0 aliphatic carbocycles. The third-order valence-electron chi connectivity index (χ3n) is 4.31. The Hall–Kier alpha value is -0.900. The van der Waals surface area contributed by atoms with E-state index in [4.69, 9.17) is 10.6 Å². The van der Waals surface area contributed by atoms with Gasteiger partial charge in [-0.15, -0.1) is 0 Å². The normalized spacial score (nSPS) is 25.2. The van der Waals surface area contributed by atoms with Crippen LogP contribution in [0.2, 0.25) is 0 Å². The van der Waals surface area contributed by atoms with Crippen LogP contribution < -0.4 is 11.3 Å². The van der Waals surface area contributed by atoms with E-state index in [0.29, 0.717) is 0 Å². The summed E-state index contributed by atoms with van der Waals surface area (Å²) in [6.45, 7) is 5.21. The fourth-order valence-corrected chi connectivity index (χ4v) is 2.83. The molecule has 3 N–H and O–H groups in total. The van der Waals surface area contributed by atoms with Gasteiger partial charge in [0.25, 0.3) is 0 Å². The average Bonchev–Trinajstić information content (AvgIpc) is 2.46. The van der Waals surface area contributed by atoms with Crippen LogP contribution in [0.4, 0.5) is 0 Å². The van der Waals surface area contributed by atoms with Crippen molar-refractivity contribution in [3.8, 4) is 0 Å².